The second kappa shape index (κ2) is 4.74. The summed E-state index contributed by atoms with van der Waals surface area (Å²) in [5.41, 5.74) is 0.340. The van der Waals surface area contributed by atoms with Crippen LogP contribution in [0.4, 0.5) is 13.2 Å². The van der Waals surface area contributed by atoms with Gasteiger partial charge in [-0.05, 0) is 13.0 Å². The molecule has 0 saturated heterocycles. The van der Waals surface area contributed by atoms with Gasteiger partial charge in [-0.3, -0.25) is 4.99 Å². The topological polar surface area (TPSA) is 12.4 Å². The van der Waals surface area contributed by atoms with Crippen molar-refractivity contribution in [3.8, 4) is 0 Å². The zero-order chi connectivity index (χ0) is 9.61. The van der Waals surface area contributed by atoms with Crippen LogP contribution in [0, 0.1) is 0 Å². The summed E-state index contributed by atoms with van der Waals surface area (Å²) in [4.78, 5) is 3.29. The van der Waals surface area contributed by atoms with E-state index in [1.54, 1.807) is 0 Å². The number of alkyl halides is 3. The van der Waals surface area contributed by atoms with E-state index < -0.39 is 12.7 Å². The normalized spacial score (nSPS) is 13.8. The van der Waals surface area contributed by atoms with E-state index in [2.05, 4.69) is 11.6 Å². The van der Waals surface area contributed by atoms with Crippen LogP contribution in [-0.2, 0) is 0 Å². The first-order valence-corrected chi connectivity index (χ1v) is 3.32. The molecule has 0 amide bonds. The van der Waals surface area contributed by atoms with Gasteiger partial charge in [-0.1, -0.05) is 18.7 Å². The minimum absolute atomic E-state index is 0.340. The van der Waals surface area contributed by atoms with E-state index >= 15 is 0 Å². The quantitative estimate of drug-likeness (QED) is 0.464. The molecule has 1 nitrogen and oxygen atoms in total. The first kappa shape index (κ1) is 10.9. The maximum absolute atomic E-state index is 11.6. The van der Waals surface area contributed by atoms with E-state index in [4.69, 9.17) is 0 Å². The number of halogens is 3. The van der Waals surface area contributed by atoms with E-state index in [9.17, 15) is 13.2 Å². The molecule has 0 spiro atoms. The lowest BCUT2D eigenvalue weighted by Crippen LogP contribution is -2.12. The predicted molar refractivity (Wildman–Crippen MR) is 43.4 cm³/mol. The number of nitrogens with zero attached hydrogens (tertiary/aromatic N) is 1. The third-order valence-electron chi connectivity index (χ3n) is 0.981. The Morgan fingerprint density at radius 1 is 1.50 bits per heavy atom. The Kier molecular flexibility index (Phi) is 4.33. The Balaban J connectivity index is 4.01. The van der Waals surface area contributed by atoms with Crippen LogP contribution in [0.3, 0.4) is 0 Å². The number of rotatable bonds is 3. The molecule has 0 bridgehead atoms. The van der Waals surface area contributed by atoms with Gasteiger partial charge in [0.05, 0.1) is 0 Å². The maximum Gasteiger partial charge on any atom is 0.407 e. The third-order valence-corrected chi connectivity index (χ3v) is 0.981. The molecule has 0 atom stereocenters. The number of allylic oxidation sites excluding steroid dienone is 3. The Morgan fingerprint density at radius 2 is 2.08 bits per heavy atom. The van der Waals surface area contributed by atoms with Crippen LogP contribution < -0.4 is 0 Å². The molecule has 0 heterocycles. The van der Waals surface area contributed by atoms with Gasteiger partial charge in [0.15, 0.2) is 0 Å². The van der Waals surface area contributed by atoms with Crippen LogP contribution in [-0.4, -0.2) is 18.4 Å². The van der Waals surface area contributed by atoms with E-state index in [0.29, 0.717) is 5.71 Å². The number of aliphatic imine (C=N–C) groups is 1. The Labute approximate surface area is 69.3 Å². The highest BCUT2D eigenvalue weighted by Gasteiger charge is 2.26. The van der Waals surface area contributed by atoms with Gasteiger partial charge in [0.25, 0.3) is 0 Å². The van der Waals surface area contributed by atoms with Gasteiger partial charge in [0, 0.05) is 5.71 Å². The minimum atomic E-state index is -4.22. The molecule has 0 saturated carbocycles. The van der Waals surface area contributed by atoms with Gasteiger partial charge < -0.3 is 0 Å². The summed E-state index contributed by atoms with van der Waals surface area (Å²) in [5.74, 6) is 0. The van der Waals surface area contributed by atoms with Crippen molar-refractivity contribution in [2.45, 2.75) is 13.1 Å². The van der Waals surface area contributed by atoms with Crippen molar-refractivity contribution in [2.75, 3.05) is 6.54 Å². The lowest BCUT2D eigenvalue weighted by molar-refractivity contribution is -0.118. The molecule has 0 fully saturated rings. The molecule has 0 aromatic carbocycles. The highest BCUT2D eigenvalue weighted by atomic mass is 19.4. The minimum Gasteiger partial charge on any atom is -0.281 e. The fourth-order valence-corrected chi connectivity index (χ4v) is 0.474. The van der Waals surface area contributed by atoms with Crippen LogP contribution in [0.5, 0.6) is 0 Å². The van der Waals surface area contributed by atoms with Crippen LogP contribution in [0.2, 0.25) is 0 Å². The molecule has 12 heavy (non-hydrogen) atoms. The standard InChI is InChI=1S/C8H10F3N/c1-3-4-5-7(2)12-6-8(9,10)11/h3-5H,1,6H2,2H3/b5-4-,12-7?. The summed E-state index contributed by atoms with van der Waals surface area (Å²) >= 11 is 0. The monoisotopic (exact) mass is 177 g/mol. The van der Waals surface area contributed by atoms with Crippen LogP contribution in [0.1, 0.15) is 6.92 Å². The molecule has 68 valence electrons. The summed E-state index contributed by atoms with van der Waals surface area (Å²) in [6.07, 6.45) is 0.268. The van der Waals surface area contributed by atoms with Crippen molar-refractivity contribution in [3.05, 3.63) is 24.8 Å². The molecule has 0 rings (SSSR count). The van der Waals surface area contributed by atoms with E-state index in [1.807, 2.05) is 0 Å². The molecule has 0 aliphatic carbocycles. The van der Waals surface area contributed by atoms with Crippen molar-refractivity contribution in [3.63, 3.8) is 0 Å². The highest BCUT2D eigenvalue weighted by Crippen LogP contribution is 2.14. The van der Waals surface area contributed by atoms with Crippen molar-refractivity contribution in [1.29, 1.82) is 0 Å². The average Bonchev–Trinajstić information content (AvgIpc) is 1.95. The largest absolute Gasteiger partial charge is 0.407 e. The Bertz CT molecular complexity index is 201. The number of hydrogen-bond donors (Lipinski definition) is 0. The van der Waals surface area contributed by atoms with Crippen molar-refractivity contribution in [2.24, 2.45) is 4.99 Å². The first-order valence-electron chi connectivity index (χ1n) is 3.32. The molecule has 0 unspecified atom stereocenters. The van der Waals surface area contributed by atoms with E-state index in [0.717, 1.165) is 0 Å². The Morgan fingerprint density at radius 3 is 2.50 bits per heavy atom. The first-order chi connectivity index (χ1) is 5.45. The summed E-state index contributed by atoms with van der Waals surface area (Å²) in [6, 6.07) is 0. The van der Waals surface area contributed by atoms with Crippen LogP contribution >= 0.6 is 0 Å². The van der Waals surface area contributed by atoms with Gasteiger partial charge in [0.2, 0.25) is 0 Å². The van der Waals surface area contributed by atoms with Crippen LogP contribution in [0.15, 0.2) is 29.8 Å². The second-order valence-corrected chi connectivity index (χ2v) is 2.17. The summed E-state index contributed by atoms with van der Waals surface area (Å²) in [6.45, 7) is 3.76. The molecular weight excluding hydrogens is 167 g/mol. The zero-order valence-electron chi connectivity index (χ0n) is 6.73. The summed E-state index contributed by atoms with van der Waals surface area (Å²) < 4.78 is 34.8. The average molecular weight is 177 g/mol. The summed E-state index contributed by atoms with van der Waals surface area (Å²) in [7, 11) is 0. The van der Waals surface area contributed by atoms with Crippen molar-refractivity contribution in [1.82, 2.24) is 0 Å². The zero-order valence-corrected chi connectivity index (χ0v) is 6.73. The van der Waals surface area contributed by atoms with Gasteiger partial charge in [-0.25, -0.2) is 0 Å². The summed E-state index contributed by atoms with van der Waals surface area (Å²) in [5, 5.41) is 0. The lowest BCUT2D eigenvalue weighted by Gasteiger charge is -2.00. The lowest BCUT2D eigenvalue weighted by atomic mass is 10.3. The van der Waals surface area contributed by atoms with Crippen LogP contribution in [0.25, 0.3) is 0 Å². The van der Waals surface area contributed by atoms with E-state index in [1.165, 1.54) is 25.2 Å². The molecule has 0 N–H and O–H groups in total. The highest BCUT2D eigenvalue weighted by molar-refractivity contribution is 5.92. The molecule has 0 aliphatic heterocycles. The molecule has 0 aliphatic rings. The smallest absolute Gasteiger partial charge is 0.281 e. The van der Waals surface area contributed by atoms with E-state index in [-0.39, 0.29) is 0 Å². The Hall–Kier alpha value is -1.06. The van der Waals surface area contributed by atoms with Gasteiger partial charge in [-0.15, -0.1) is 0 Å². The molecule has 0 aromatic heterocycles. The number of hydrogen-bond acceptors (Lipinski definition) is 1. The molecule has 0 radical (unpaired) electrons. The fourth-order valence-electron chi connectivity index (χ4n) is 0.474. The van der Waals surface area contributed by atoms with Gasteiger partial charge in [0.1, 0.15) is 6.54 Å². The predicted octanol–water partition coefficient (Wildman–Crippen LogP) is 2.75. The van der Waals surface area contributed by atoms with Gasteiger partial charge >= 0.3 is 6.18 Å². The molecule has 0 aromatic rings. The molecular formula is C8H10F3N. The SMILES string of the molecule is C=C/C=C\C(C)=NCC(F)(F)F. The molecule has 4 heteroatoms. The third kappa shape index (κ3) is 7.05. The van der Waals surface area contributed by atoms with Crippen molar-refractivity contribution < 1.29 is 13.2 Å². The fraction of sp³-hybridized carbons (Fsp3) is 0.375. The maximum atomic E-state index is 11.6. The van der Waals surface area contributed by atoms with Crippen molar-refractivity contribution >= 4 is 5.71 Å². The second-order valence-electron chi connectivity index (χ2n) is 2.17. The van der Waals surface area contributed by atoms with Gasteiger partial charge in [-0.2, -0.15) is 13.2 Å².